The fourth-order valence-corrected chi connectivity index (χ4v) is 2.44. The van der Waals surface area contributed by atoms with Crippen LogP contribution in [-0.2, 0) is 6.42 Å². The summed E-state index contributed by atoms with van der Waals surface area (Å²) in [5, 5.41) is 3.55. The van der Waals surface area contributed by atoms with E-state index in [9.17, 15) is 0 Å². The molecule has 2 rings (SSSR count). The normalized spacial score (nSPS) is 12.8. The topological polar surface area (TPSA) is 25.2 Å². The third kappa shape index (κ3) is 3.97. The van der Waals surface area contributed by atoms with Gasteiger partial charge in [-0.3, -0.25) is 0 Å². The molecule has 0 radical (unpaired) electrons. The van der Waals surface area contributed by atoms with Gasteiger partial charge < -0.3 is 9.73 Å². The van der Waals surface area contributed by atoms with E-state index in [1.807, 2.05) is 12.1 Å². The molecule has 1 atom stereocenters. The summed E-state index contributed by atoms with van der Waals surface area (Å²) in [7, 11) is 0. The Morgan fingerprint density at radius 2 is 1.85 bits per heavy atom. The molecule has 0 bridgehead atoms. The molecule has 1 aromatic heterocycles. The van der Waals surface area contributed by atoms with E-state index in [-0.39, 0.29) is 6.04 Å². The summed E-state index contributed by atoms with van der Waals surface area (Å²) in [5.74, 6) is 1.68. The van der Waals surface area contributed by atoms with Crippen LogP contribution in [0, 0.1) is 5.92 Å². The van der Waals surface area contributed by atoms with Gasteiger partial charge in [0.15, 0.2) is 0 Å². The molecule has 2 heteroatoms. The van der Waals surface area contributed by atoms with E-state index in [1.165, 1.54) is 11.1 Å². The monoisotopic (exact) mass is 271 g/mol. The minimum Gasteiger partial charge on any atom is -0.467 e. The minimum atomic E-state index is 0.151. The molecule has 2 nitrogen and oxygen atoms in total. The molecule has 0 aliphatic heterocycles. The van der Waals surface area contributed by atoms with E-state index in [4.69, 9.17) is 4.42 Å². The Hall–Kier alpha value is -1.54. The molecule has 0 amide bonds. The maximum Gasteiger partial charge on any atom is 0.125 e. The van der Waals surface area contributed by atoms with Gasteiger partial charge in [0, 0.05) is 0 Å². The number of nitrogens with one attached hydrogen (secondary N) is 1. The van der Waals surface area contributed by atoms with Crippen LogP contribution in [0.25, 0.3) is 0 Å². The largest absolute Gasteiger partial charge is 0.467 e. The Morgan fingerprint density at radius 3 is 2.40 bits per heavy atom. The summed E-state index contributed by atoms with van der Waals surface area (Å²) in [6, 6.07) is 13.0. The zero-order valence-corrected chi connectivity index (χ0v) is 12.7. The SMILES string of the molecule is CCCNC(c1ccc(CC(C)C)cc1)c1ccco1. The van der Waals surface area contributed by atoms with Crippen molar-refractivity contribution in [2.45, 2.75) is 39.7 Å². The van der Waals surface area contributed by atoms with Gasteiger partial charge >= 0.3 is 0 Å². The number of hydrogen-bond acceptors (Lipinski definition) is 2. The lowest BCUT2D eigenvalue weighted by Crippen LogP contribution is -2.22. The molecule has 1 N–H and O–H groups in total. The molecule has 108 valence electrons. The molecule has 0 saturated heterocycles. The van der Waals surface area contributed by atoms with Crippen LogP contribution in [0.2, 0.25) is 0 Å². The number of benzene rings is 1. The van der Waals surface area contributed by atoms with Crippen LogP contribution < -0.4 is 5.32 Å². The van der Waals surface area contributed by atoms with E-state index in [2.05, 4.69) is 50.4 Å². The standard InChI is InChI=1S/C18H25NO/c1-4-11-19-18(17-6-5-12-20-17)16-9-7-15(8-10-16)13-14(2)3/h5-10,12,14,18-19H,4,11,13H2,1-3H3. The second kappa shape index (κ2) is 7.30. The molecule has 0 fully saturated rings. The lowest BCUT2D eigenvalue weighted by molar-refractivity contribution is 0.446. The predicted octanol–water partition coefficient (Wildman–Crippen LogP) is 4.57. The Labute approximate surface area is 122 Å². The van der Waals surface area contributed by atoms with E-state index in [1.54, 1.807) is 6.26 Å². The molecule has 0 aliphatic carbocycles. The van der Waals surface area contributed by atoms with Crippen molar-refractivity contribution >= 4 is 0 Å². The second-order valence-electron chi connectivity index (χ2n) is 5.74. The van der Waals surface area contributed by atoms with Crippen molar-refractivity contribution in [1.82, 2.24) is 5.32 Å². The first-order valence-electron chi connectivity index (χ1n) is 7.56. The minimum absolute atomic E-state index is 0.151. The molecule has 0 aliphatic rings. The van der Waals surface area contributed by atoms with Crippen molar-refractivity contribution in [2.24, 2.45) is 5.92 Å². The smallest absolute Gasteiger partial charge is 0.125 e. The summed E-state index contributed by atoms with van der Waals surface area (Å²) < 4.78 is 5.58. The highest BCUT2D eigenvalue weighted by Crippen LogP contribution is 2.23. The summed E-state index contributed by atoms with van der Waals surface area (Å²) in [5.41, 5.74) is 2.67. The van der Waals surface area contributed by atoms with E-state index in [0.29, 0.717) is 5.92 Å². The zero-order valence-electron chi connectivity index (χ0n) is 12.7. The Kier molecular flexibility index (Phi) is 5.42. The van der Waals surface area contributed by atoms with Crippen LogP contribution in [0.4, 0.5) is 0 Å². The van der Waals surface area contributed by atoms with Crippen LogP contribution in [-0.4, -0.2) is 6.54 Å². The van der Waals surface area contributed by atoms with Gasteiger partial charge in [0.1, 0.15) is 5.76 Å². The van der Waals surface area contributed by atoms with Gasteiger partial charge in [-0.1, -0.05) is 45.0 Å². The van der Waals surface area contributed by atoms with Crippen LogP contribution in [0.15, 0.2) is 47.1 Å². The molecule has 1 heterocycles. The first kappa shape index (κ1) is 14.9. The fraction of sp³-hybridized carbons (Fsp3) is 0.444. The maximum absolute atomic E-state index is 5.58. The van der Waals surface area contributed by atoms with E-state index >= 15 is 0 Å². The molecule has 1 aromatic carbocycles. The quantitative estimate of drug-likeness (QED) is 0.798. The molecular weight excluding hydrogens is 246 g/mol. The van der Waals surface area contributed by atoms with Crippen molar-refractivity contribution in [2.75, 3.05) is 6.54 Å². The van der Waals surface area contributed by atoms with Gasteiger partial charge in [-0.2, -0.15) is 0 Å². The highest BCUT2D eigenvalue weighted by Gasteiger charge is 2.15. The van der Waals surface area contributed by atoms with Crippen molar-refractivity contribution in [3.8, 4) is 0 Å². The first-order chi connectivity index (χ1) is 9.70. The summed E-state index contributed by atoms with van der Waals surface area (Å²) in [4.78, 5) is 0. The van der Waals surface area contributed by atoms with Crippen LogP contribution in [0.5, 0.6) is 0 Å². The lowest BCUT2D eigenvalue weighted by atomic mass is 9.98. The maximum atomic E-state index is 5.58. The third-order valence-electron chi connectivity index (χ3n) is 3.38. The molecule has 0 spiro atoms. The number of rotatable bonds is 7. The Morgan fingerprint density at radius 1 is 1.10 bits per heavy atom. The average molecular weight is 271 g/mol. The summed E-state index contributed by atoms with van der Waals surface area (Å²) >= 11 is 0. The number of furan rings is 1. The van der Waals surface area contributed by atoms with Gasteiger partial charge in [0.05, 0.1) is 12.3 Å². The van der Waals surface area contributed by atoms with Crippen molar-refractivity contribution in [3.63, 3.8) is 0 Å². The predicted molar refractivity (Wildman–Crippen MR) is 83.8 cm³/mol. The Balaban J connectivity index is 2.16. The average Bonchev–Trinajstić information content (AvgIpc) is 2.94. The van der Waals surface area contributed by atoms with E-state index in [0.717, 1.165) is 25.1 Å². The second-order valence-corrected chi connectivity index (χ2v) is 5.74. The van der Waals surface area contributed by atoms with E-state index < -0.39 is 0 Å². The van der Waals surface area contributed by atoms with Gasteiger partial charge in [-0.25, -0.2) is 0 Å². The van der Waals surface area contributed by atoms with Gasteiger partial charge in [-0.05, 0) is 48.6 Å². The Bertz CT molecular complexity index is 485. The van der Waals surface area contributed by atoms with Gasteiger partial charge in [0.2, 0.25) is 0 Å². The highest BCUT2D eigenvalue weighted by atomic mass is 16.3. The highest BCUT2D eigenvalue weighted by molar-refractivity contribution is 5.30. The van der Waals surface area contributed by atoms with Crippen LogP contribution in [0.3, 0.4) is 0 Å². The first-order valence-corrected chi connectivity index (χ1v) is 7.56. The zero-order chi connectivity index (χ0) is 14.4. The molecule has 0 saturated carbocycles. The van der Waals surface area contributed by atoms with Crippen molar-refractivity contribution < 1.29 is 4.42 Å². The lowest BCUT2D eigenvalue weighted by Gasteiger charge is -2.17. The summed E-state index contributed by atoms with van der Waals surface area (Å²) in [6.07, 6.45) is 3.99. The molecule has 20 heavy (non-hydrogen) atoms. The van der Waals surface area contributed by atoms with Crippen LogP contribution in [0.1, 0.15) is 50.1 Å². The summed E-state index contributed by atoms with van der Waals surface area (Å²) in [6.45, 7) is 7.67. The molecule has 2 aromatic rings. The number of hydrogen-bond donors (Lipinski definition) is 1. The third-order valence-corrected chi connectivity index (χ3v) is 3.38. The molecular formula is C18H25NO. The van der Waals surface area contributed by atoms with Crippen LogP contribution >= 0.6 is 0 Å². The fourth-order valence-electron chi connectivity index (χ4n) is 2.44. The van der Waals surface area contributed by atoms with Gasteiger partial charge in [-0.15, -0.1) is 0 Å². The van der Waals surface area contributed by atoms with Gasteiger partial charge in [0.25, 0.3) is 0 Å². The van der Waals surface area contributed by atoms with Crippen molar-refractivity contribution in [3.05, 3.63) is 59.5 Å². The van der Waals surface area contributed by atoms with Crippen molar-refractivity contribution in [1.29, 1.82) is 0 Å². The molecule has 1 unspecified atom stereocenters.